The Morgan fingerprint density at radius 2 is 2.22 bits per heavy atom. The summed E-state index contributed by atoms with van der Waals surface area (Å²) in [5.41, 5.74) is 0. The van der Waals surface area contributed by atoms with Crippen molar-refractivity contribution in [1.82, 2.24) is 9.62 Å². The van der Waals surface area contributed by atoms with Gasteiger partial charge in [0, 0.05) is 25.7 Å². The fraction of sp³-hybridized carbons (Fsp3) is 0.455. The van der Waals surface area contributed by atoms with E-state index in [1.807, 2.05) is 6.92 Å². The monoisotopic (exact) mass is 292 g/mol. The van der Waals surface area contributed by atoms with E-state index < -0.39 is 15.8 Å². The maximum atomic E-state index is 13.0. The molecular weight excluding hydrogens is 279 g/mol. The Hall–Kier alpha value is -0.690. The van der Waals surface area contributed by atoms with E-state index in [0.717, 1.165) is 12.1 Å². The lowest BCUT2D eigenvalue weighted by Crippen LogP contribution is -2.52. The molecule has 1 atom stereocenters. The van der Waals surface area contributed by atoms with Gasteiger partial charge in [-0.15, -0.1) is 0 Å². The molecule has 4 nitrogen and oxygen atoms in total. The Kier molecular flexibility index (Phi) is 3.91. The number of piperazine rings is 1. The molecule has 0 amide bonds. The van der Waals surface area contributed by atoms with Gasteiger partial charge < -0.3 is 5.32 Å². The third-order valence-corrected chi connectivity index (χ3v) is 5.42. The quantitative estimate of drug-likeness (QED) is 0.898. The van der Waals surface area contributed by atoms with Gasteiger partial charge in [0.05, 0.1) is 5.02 Å². The van der Waals surface area contributed by atoms with Gasteiger partial charge >= 0.3 is 0 Å². The highest BCUT2D eigenvalue weighted by Gasteiger charge is 2.32. The Labute approximate surface area is 111 Å². The molecule has 0 bridgehead atoms. The van der Waals surface area contributed by atoms with Gasteiger partial charge in [0.25, 0.3) is 0 Å². The summed E-state index contributed by atoms with van der Waals surface area (Å²) >= 11 is 5.82. The number of nitrogens with zero attached hydrogens (tertiary/aromatic N) is 1. The van der Waals surface area contributed by atoms with Crippen molar-refractivity contribution >= 4 is 21.6 Å². The summed E-state index contributed by atoms with van der Waals surface area (Å²) in [6.07, 6.45) is 0. The minimum Gasteiger partial charge on any atom is -0.314 e. The van der Waals surface area contributed by atoms with E-state index in [4.69, 9.17) is 11.6 Å². The molecule has 1 heterocycles. The van der Waals surface area contributed by atoms with E-state index in [2.05, 4.69) is 5.32 Å². The average molecular weight is 293 g/mol. The molecule has 1 saturated heterocycles. The van der Waals surface area contributed by atoms with Crippen LogP contribution in [0.25, 0.3) is 0 Å². The van der Waals surface area contributed by atoms with Crippen LogP contribution in [0.15, 0.2) is 23.1 Å². The van der Waals surface area contributed by atoms with E-state index in [1.165, 1.54) is 10.4 Å². The van der Waals surface area contributed by atoms with Gasteiger partial charge in [0.15, 0.2) is 0 Å². The van der Waals surface area contributed by atoms with E-state index in [-0.39, 0.29) is 16.0 Å². The Bertz CT molecular complexity index is 550. The van der Waals surface area contributed by atoms with Gasteiger partial charge in [0.2, 0.25) is 10.0 Å². The summed E-state index contributed by atoms with van der Waals surface area (Å²) in [4.78, 5) is -0.0423. The zero-order chi connectivity index (χ0) is 13.3. The number of sulfonamides is 1. The van der Waals surface area contributed by atoms with Crippen LogP contribution in [-0.4, -0.2) is 38.4 Å². The molecule has 1 aromatic rings. The highest BCUT2D eigenvalue weighted by Crippen LogP contribution is 2.26. The fourth-order valence-corrected chi connectivity index (χ4v) is 4.13. The molecular formula is C11H14ClFN2O2S. The van der Waals surface area contributed by atoms with Crippen LogP contribution in [0.5, 0.6) is 0 Å². The van der Waals surface area contributed by atoms with E-state index in [0.29, 0.717) is 19.6 Å². The Morgan fingerprint density at radius 1 is 1.50 bits per heavy atom. The summed E-state index contributed by atoms with van der Waals surface area (Å²) in [5, 5.41) is 3.03. The van der Waals surface area contributed by atoms with Gasteiger partial charge in [-0.05, 0) is 25.1 Å². The first-order chi connectivity index (χ1) is 8.43. The number of halogens is 2. The molecule has 1 N–H and O–H groups in total. The van der Waals surface area contributed by atoms with Gasteiger partial charge in [-0.2, -0.15) is 4.31 Å². The largest absolute Gasteiger partial charge is 0.314 e. The van der Waals surface area contributed by atoms with Crippen molar-refractivity contribution in [2.45, 2.75) is 17.9 Å². The highest BCUT2D eigenvalue weighted by molar-refractivity contribution is 7.89. The lowest BCUT2D eigenvalue weighted by molar-refractivity contribution is 0.284. The molecule has 0 radical (unpaired) electrons. The maximum absolute atomic E-state index is 13.0. The van der Waals surface area contributed by atoms with Crippen LogP contribution in [0.1, 0.15) is 6.92 Å². The molecule has 1 aromatic carbocycles. The molecule has 0 spiro atoms. The molecule has 0 saturated carbocycles. The molecule has 100 valence electrons. The van der Waals surface area contributed by atoms with Crippen LogP contribution in [0, 0.1) is 5.82 Å². The summed E-state index contributed by atoms with van der Waals surface area (Å²) in [6, 6.07) is 3.18. The third-order valence-electron chi connectivity index (χ3n) is 2.92. The lowest BCUT2D eigenvalue weighted by atomic mass is 10.3. The molecule has 1 fully saturated rings. The standard InChI is InChI=1S/C11H14ClFN2O2S/c1-8-7-14-4-5-15(8)18(16,17)11-3-2-9(13)6-10(11)12/h2-3,6,8,14H,4-5,7H2,1H3. The summed E-state index contributed by atoms with van der Waals surface area (Å²) < 4.78 is 39.2. The van der Waals surface area contributed by atoms with Crippen LogP contribution in [-0.2, 0) is 10.0 Å². The van der Waals surface area contributed by atoms with Crippen molar-refractivity contribution in [3.05, 3.63) is 29.0 Å². The van der Waals surface area contributed by atoms with Crippen LogP contribution in [0.4, 0.5) is 4.39 Å². The molecule has 0 aromatic heterocycles. The Morgan fingerprint density at radius 3 is 2.83 bits per heavy atom. The zero-order valence-electron chi connectivity index (χ0n) is 9.86. The van der Waals surface area contributed by atoms with Crippen LogP contribution >= 0.6 is 11.6 Å². The molecule has 1 aliphatic heterocycles. The maximum Gasteiger partial charge on any atom is 0.244 e. The van der Waals surface area contributed by atoms with Crippen molar-refractivity contribution in [2.75, 3.05) is 19.6 Å². The van der Waals surface area contributed by atoms with E-state index in [1.54, 1.807) is 0 Å². The van der Waals surface area contributed by atoms with Gasteiger partial charge in [-0.1, -0.05) is 11.6 Å². The van der Waals surface area contributed by atoms with Crippen molar-refractivity contribution < 1.29 is 12.8 Å². The van der Waals surface area contributed by atoms with E-state index >= 15 is 0 Å². The van der Waals surface area contributed by atoms with E-state index in [9.17, 15) is 12.8 Å². The average Bonchev–Trinajstić information content (AvgIpc) is 2.28. The predicted molar refractivity (Wildman–Crippen MR) is 67.6 cm³/mol. The lowest BCUT2D eigenvalue weighted by Gasteiger charge is -2.33. The van der Waals surface area contributed by atoms with Crippen molar-refractivity contribution in [3.8, 4) is 0 Å². The minimum absolute atomic E-state index is 0.0423. The number of rotatable bonds is 2. The Balaban J connectivity index is 2.41. The van der Waals surface area contributed by atoms with Crippen molar-refractivity contribution in [2.24, 2.45) is 0 Å². The smallest absolute Gasteiger partial charge is 0.244 e. The number of hydrogen-bond donors (Lipinski definition) is 1. The zero-order valence-corrected chi connectivity index (χ0v) is 11.4. The van der Waals surface area contributed by atoms with Gasteiger partial charge in [0.1, 0.15) is 10.7 Å². The summed E-state index contributed by atoms with van der Waals surface area (Å²) in [7, 11) is -3.66. The second-order valence-electron chi connectivity index (χ2n) is 4.24. The molecule has 1 aliphatic rings. The first-order valence-electron chi connectivity index (χ1n) is 5.60. The topological polar surface area (TPSA) is 49.4 Å². The second-order valence-corrected chi connectivity index (χ2v) is 6.51. The van der Waals surface area contributed by atoms with Crippen LogP contribution in [0.2, 0.25) is 5.02 Å². The molecule has 7 heteroatoms. The van der Waals surface area contributed by atoms with Gasteiger partial charge in [-0.25, -0.2) is 12.8 Å². The first kappa shape index (κ1) is 13.7. The predicted octanol–water partition coefficient (Wildman–Crippen LogP) is 1.46. The second kappa shape index (κ2) is 5.13. The normalized spacial score (nSPS) is 22.1. The SMILES string of the molecule is CC1CNCCN1S(=O)(=O)c1ccc(F)cc1Cl. The summed E-state index contributed by atoms with van der Waals surface area (Å²) in [5.74, 6) is -0.549. The number of nitrogens with one attached hydrogen (secondary N) is 1. The van der Waals surface area contributed by atoms with Crippen molar-refractivity contribution in [1.29, 1.82) is 0 Å². The van der Waals surface area contributed by atoms with Crippen LogP contribution in [0.3, 0.4) is 0 Å². The highest BCUT2D eigenvalue weighted by atomic mass is 35.5. The first-order valence-corrected chi connectivity index (χ1v) is 7.42. The fourth-order valence-electron chi connectivity index (χ4n) is 1.99. The number of hydrogen-bond acceptors (Lipinski definition) is 3. The van der Waals surface area contributed by atoms with Crippen molar-refractivity contribution in [3.63, 3.8) is 0 Å². The summed E-state index contributed by atoms with van der Waals surface area (Å²) in [6.45, 7) is 3.40. The van der Waals surface area contributed by atoms with Crippen LogP contribution < -0.4 is 5.32 Å². The van der Waals surface area contributed by atoms with Gasteiger partial charge in [-0.3, -0.25) is 0 Å². The minimum atomic E-state index is -3.66. The number of benzene rings is 1. The molecule has 18 heavy (non-hydrogen) atoms. The molecule has 1 unspecified atom stereocenters. The third kappa shape index (κ3) is 2.51. The molecule has 0 aliphatic carbocycles. The molecule has 2 rings (SSSR count).